The van der Waals surface area contributed by atoms with Crippen LogP contribution in [-0.4, -0.2) is 29.9 Å². The molecule has 2 amide bonds. The number of aromatic amines is 1. The maximum absolute atomic E-state index is 13.1. The summed E-state index contributed by atoms with van der Waals surface area (Å²) in [6.45, 7) is 0.839. The predicted octanol–water partition coefficient (Wildman–Crippen LogP) is 3.02. The lowest BCUT2D eigenvalue weighted by atomic mass is 10.1. The van der Waals surface area contributed by atoms with E-state index < -0.39 is 0 Å². The van der Waals surface area contributed by atoms with Gasteiger partial charge in [0, 0.05) is 42.3 Å². The van der Waals surface area contributed by atoms with Crippen LogP contribution in [0.5, 0.6) is 0 Å². The molecule has 2 heterocycles. The molecule has 1 unspecified atom stereocenters. The zero-order valence-electron chi connectivity index (χ0n) is 14.7. The van der Waals surface area contributed by atoms with Crippen LogP contribution >= 0.6 is 0 Å². The first kappa shape index (κ1) is 17.3. The van der Waals surface area contributed by atoms with E-state index >= 15 is 0 Å². The summed E-state index contributed by atoms with van der Waals surface area (Å²) in [5.74, 6) is -0.964. The van der Waals surface area contributed by atoms with Crippen LogP contribution in [-0.2, 0) is 16.0 Å². The predicted molar refractivity (Wildman–Crippen MR) is 102 cm³/mol. The van der Waals surface area contributed by atoms with Crippen LogP contribution < -0.4 is 10.2 Å². The molecule has 0 bridgehead atoms. The van der Waals surface area contributed by atoms with E-state index in [9.17, 15) is 14.0 Å². The molecule has 0 aliphatic carbocycles. The fraction of sp³-hybridized carbons (Fsp3) is 0.238. The highest BCUT2D eigenvalue weighted by Crippen LogP contribution is 2.25. The number of halogens is 1. The molecule has 2 aromatic carbocycles. The van der Waals surface area contributed by atoms with Crippen LogP contribution in [0.4, 0.5) is 10.1 Å². The van der Waals surface area contributed by atoms with Crippen LogP contribution in [0.1, 0.15) is 12.0 Å². The molecule has 138 valence electrons. The monoisotopic (exact) mass is 365 g/mol. The molecule has 3 aromatic rings. The molecule has 0 spiro atoms. The summed E-state index contributed by atoms with van der Waals surface area (Å²) in [6, 6.07) is 13.8. The summed E-state index contributed by atoms with van der Waals surface area (Å²) in [4.78, 5) is 29.5. The highest BCUT2D eigenvalue weighted by molar-refractivity contribution is 6.00. The van der Waals surface area contributed by atoms with Crippen molar-refractivity contribution in [2.24, 2.45) is 5.92 Å². The molecular formula is C21H20FN3O2. The Morgan fingerprint density at radius 1 is 1.19 bits per heavy atom. The minimum atomic E-state index is -0.384. The molecule has 0 radical (unpaired) electrons. The number of H-pyrrole nitrogens is 1. The maximum atomic E-state index is 13.1. The van der Waals surface area contributed by atoms with E-state index in [2.05, 4.69) is 16.4 Å². The van der Waals surface area contributed by atoms with E-state index in [1.807, 2.05) is 24.4 Å². The number of amides is 2. The molecule has 0 saturated carbocycles. The first-order valence-corrected chi connectivity index (χ1v) is 9.00. The smallest absolute Gasteiger partial charge is 0.227 e. The number of nitrogens with one attached hydrogen (secondary N) is 2. The molecular weight excluding hydrogens is 345 g/mol. The second kappa shape index (κ2) is 7.23. The lowest BCUT2D eigenvalue weighted by Crippen LogP contribution is -2.34. The Morgan fingerprint density at radius 3 is 2.78 bits per heavy atom. The fourth-order valence-electron chi connectivity index (χ4n) is 3.56. The first-order valence-electron chi connectivity index (χ1n) is 9.00. The van der Waals surface area contributed by atoms with Crippen molar-refractivity contribution < 1.29 is 14.0 Å². The average Bonchev–Trinajstić information content (AvgIpc) is 3.26. The number of fused-ring (bicyclic) bond motifs is 1. The van der Waals surface area contributed by atoms with Gasteiger partial charge < -0.3 is 15.2 Å². The van der Waals surface area contributed by atoms with E-state index in [4.69, 9.17) is 0 Å². The zero-order chi connectivity index (χ0) is 18.8. The number of hydrogen-bond donors (Lipinski definition) is 2. The molecule has 27 heavy (non-hydrogen) atoms. The van der Waals surface area contributed by atoms with Gasteiger partial charge in [-0.1, -0.05) is 18.2 Å². The van der Waals surface area contributed by atoms with Gasteiger partial charge in [-0.2, -0.15) is 0 Å². The minimum Gasteiger partial charge on any atom is -0.361 e. The summed E-state index contributed by atoms with van der Waals surface area (Å²) in [5.41, 5.74) is 2.85. The minimum absolute atomic E-state index is 0.113. The Kier molecular flexibility index (Phi) is 4.62. The number of aromatic nitrogens is 1. The molecule has 2 N–H and O–H groups in total. The Labute approximate surface area is 156 Å². The molecule has 5 nitrogen and oxygen atoms in total. The molecule has 4 rings (SSSR count). The standard InChI is InChI=1S/C21H20FN3O2/c22-16-5-7-17(8-6-16)25-13-15(11-20(25)26)21(27)23-10-9-14-12-24-19-4-2-1-3-18(14)19/h1-8,12,15,24H,9-11,13H2,(H,23,27). The van der Waals surface area contributed by atoms with Gasteiger partial charge in [0.15, 0.2) is 0 Å². The van der Waals surface area contributed by atoms with E-state index in [0.29, 0.717) is 18.8 Å². The summed E-state index contributed by atoms with van der Waals surface area (Å²) in [5, 5.41) is 4.10. The van der Waals surface area contributed by atoms with E-state index in [0.717, 1.165) is 22.9 Å². The van der Waals surface area contributed by atoms with E-state index in [1.54, 1.807) is 17.0 Å². The van der Waals surface area contributed by atoms with Crippen LogP contribution in [0.15, 0.2) is 54.7 Å². The van der Waals surface area contributed by atoms with E-state index in [1.165, 1.54) is 12.1 Å². The summed E-state index contributed by atoms with van der Waals surface area (Å²) in [6.07, 6.45) is 2.86. The number of nitrogens with zero attached hydrogens (tertiary/aromatic N) is 1. The molecule has 1 aliphatic rings. The summed E-state index contributed by atoms with van der Waals surface area (Å²) in [7, 11) is 0. The molecule has 1 saturated heterocycles. The average molecular weight is 365 g/mol. The van der Waals surface area contributed by atoms with Crippen LogP contribution in [0, 0.1) is 11.7 Å². The molecule has 1 fully saturated rings. The number of anilines is 1. The quantitative estimate of drug-likeness (QED) is 0.730. The number of para-hydroxylation sites is 1. The zero-order valence-corrected chi connectivity index (χ0v) is 14.7. The summed E-state index contributed by atoms with van der Waals surface area (Å²) < 4.78 is 13.1. The van der Waals surface area contributed by atoms with Gasteiger partial charge in [-0.3, -0.25) is 9.59 Å². The van der Waals surface area contributed by atoms with Crippen molar-refractivity contribution in [3.63, 3.8) is 0 Å². The van der Waals surface area contributed by atoms with Gasteiger partial charge in [-0.15, -0.1) is 0 Å². The van der Waals surface area contributed by atoms with Gasteiger partial charge in [0.2, 0.25) is 11.8 Å². The second-order valence-corrected chi connectivity index (χ2v) is 6.78. The summed E-state index contributed by atoms with van der Waals surface area (Å²) >= 11 is 0. The lowest BCUT2D eigenvalue weighted by molar-refractivity contribution is -0.126. The van der Waals surface area contributed by atoms with E-state index in [-0.39, 0.29) is 30.0 Å². The number of hydrogen-bond acceptors (Lipinski definition) is 2. The van der Waals surface area contributed by atoms with Crippen molar-refractivity contribution in [2.45, 2.75) is 12.8 Å². The second-order valence-electron chi connectivity index (χ2n) is 6.78. The topological polar surface area (TPSA) is 65.2 Å². The molecule has 1 aliphatic heterocycles. The van der Waals surface area contributed by atoms with Crippen LogP contribution in [0.25, 0.3) is 10.9 Å². The van der Waals surface area contributed by atoms with Crippen LogP contribution in [0.3, 0.4) is 0 Å². The van der Waals surface area contributed by atoms with Crippen molar-refractivity contribution in [1.82, 2.24) is 10.3 Å². The molecule has 1 aromatic heterocycles. The third-order valence-corrected chi connectivity index (χ3v) is 5.00. The number of rotatable bonds is 5. The lowest BCUT2D eigenvalue weighted by Gasteiger charge is -2.16. The van der Waals surface area contributed by atoms with Gasteiger partial charge in [-0.05, 0) is 42.3 Å². The number of carbonyl (C=O) groups excluding carboxylic acids is 2. The third-order valence-electron chi connectivity index (χ3n) is 5.00. The largest absolute Gasteiger partial charge is 0.361 e. The normalized spacial score (nSPS) is 16.9. The van der Waals surface area contributed by atoms with Crippen molar-refractivity contribution in [3.8, 4) is 0 Å². The van der Waals surface area contributed by atoms with Crippen LogP contribution in [0.2, 0.25) is 0 Å². The van der Waals surface area contributed by atoms with Gasteiger partial charge in [0.25, 0.3) is 0 Å². The van der Waals surface area contributed by atoms with Crippen molar-refractivity contribution >= 4 is 28.4 Å². The Balaban J connectivity index is 1.33. The van der Waals surface area contributed by atoms with Crippen molar-refractivity contribution in [2.75, 3.05) is 18.0 Å². The fourth-order valence-corrected chi connectivity index (χ4v) is 3.56. The van der Waals surface area contributed by atoms with Gasteiger partial charge >= 0.3 is 0 Å². The van der Waals surface area contributed by atoms with Crippen molar-refractivity contribution in [3.05, 3.63) is 66.1 Å². The Morgan fingerprint density at radius 2 is 1.96 bits per heavy atom. The van der Waals surface area contributed by atoms with Gasteiger partial charge in [0.05, 0.1) is 5.92 Å². The molecule has 6 heteroatoms. The number of carbonyl (C=O) groups is 2. The number of benzene rings is 2. The Hall–Kier alpha value is -3.15. The third kappa shape index (κ3) is 3.56. The SMILES string of the molecule is O=C(NCCc1c[nH]c2ccccc12)C1CC(=O)N(c2ccc(F)cc2)C1. The van der Waals surface area contributed by atoms with Gasteiger partial charge in [-0.25, -0.2) is 4.39 Å². The maximum Gasteiger partial charge on any atom is 0.227 e. The molecule has 1 atom stereocenters. The highest BCUT2D eigenvalue weighted by Gasteiger charge is 2.34. The van der Waals surface area contributed by atoms with Gasteiger partial charge in [0.1, 0.15) is 5.82 Å². The first-order chi connectivity index (χ1) is 13.1. The van der Waals surface area contributed by atoms with Crippen molar-refractivity contribution in [1.29, 1.82) is 0 Å². The Bertz CT molecular complexity index is 981. The highest BCUT2D eigenvalue weighted by atomic mass is 19.1.